The van der Waals surface area contributed by atoms with Crippen molar-refractivity contribution in [2.24, 2.45) is 0 Å². The van der Waals surface area contributed by atoms with E-state index in [0.29, 0.717) is 11.7 Å². The van der Waals surface area contributed by atoms with Gasteiger partial charge in [0, 0.05) is 36.9 Å². The number of nitrogens with two attached hydrogens (primary N) is 1. The van der Waals surface area contributed by atoms with Crippen molar-refractivity contribution in [3.8, 4) is 0 Å². The van der Waals surface area contributed by atoms with Crippen molar-refractivity contribution in [2.75, 3.05) is 32.4 Å². The lowest BCUT2D eigenvalue weighted by molar-refractivity contribution is 0.0572. The summed E-state index contributed by atoms with van der Waals surface area (Å²) < 4.78 is 0. The van der Waals surface area contributed by atoms with E-state index in [1.54, 1.807) is 6.07 Å². The summed E-state index contributed by atoms with van der Waals surface area (Å²) >= 11 is 0. The van der Waals surface area contributed by atoms with Gasteiger partial charge in [0.15, 0.2) is 0 Å². The Morgan fingerprint density at radius 2 is 2.11 bits per heavy atom. The molecule has 0 aliphatic carbocycles. The van der Waals surface area contributed by atoms with Crippen LogP contribution in [0.1, 0.15) is 22.8 Å². The van der Waals surface area contributed by atoms with Crippen LogP contribution in [0, 0.1) is 6.92 Å². The molecule has 1 atom stereocenters. The first-order chi connectivity index (χ1) is 8.49. The molecule has 0 unspecified atom stereocenters. The number of piperazine rings is 1. The normalized spacial score (nSPS) is 21.1. The molecule has 1 aromatic rings. The van der Waals surface area contributed by atoms with Crippen LogP contribution < -0.4 is 5.73 Å². The average molecular weight is 247 g/mol. The number of carbonyl (C=O) groups is 1. The van der Waals surface area contributed by atoms with E-state index in [9.17, 15) is 4.79 Å². The van der Waals surface area contributed by atoms with Gasteiger partial charge in [-0.25, -0.2) is 0 Å². The summed E-state index contributed by atoms with van der Waals surface area (Å²) in [6.45, 7) is 6.60. The quantitative estimate of drug-likeness (QED) is 0.762. The molecule has 1 amide bonds. The zero-order chi connectivity index (χ0) is 13.3. The molecule has 0 saturated carbocycles. The van der Waals surface area contributed by atoms with Crippen LogP contribution in [0.25, 0.3) is 0 Å². The summed E-state index contributed by atoms with van der Waals surface area (Å²) in [5.74, 6) is 0.118. The van der Waals surface area contributed by atoms with Crippen molar-refractivity contribution < 1.29 is 4.79 Å². The Morgan fingerprint density at radius 1 is 1.39 bits per heavy atom. The lowest BCUT2D eigenvalue weighted by atomic mass is 10.1. The smallest absolute Gasteiger partial charge is 0.254 e. The predicted molar refractivity (Wildman–Crippen MR) is 73.6 cm³/mol. The van der Waals surface area contributed by atoms with Gasteiger partial charge in [0.1, 0.15) is 0 Å². The van der Waals surface area contributed by atoms with E-state index < -0.39 is 0 Å². The summed E-state index contributed by atoms with van der Waals surface area (Å²) in [5, 5.41) is 0. The maximum atomic E-state index is 12.5. The minimum absolute atomic E-state index is 0.118. The fourth-order valence-corrected chi connectivity index (χ4v) is 2.33. The molecule has 0 bridgehead atoms. The first kappa shape index (κ1) is 12.9. The zero-order valence-electron chi connectivity index (χ0n) is 11.3. The second-order valence-electron chi connectivity index (χ2n) is 5.16. The third kappa shape index (κ3) is 2.48. The number of anilines is 1. The molecule has 18 heavy (non-hydrogen) atoms. The Labute approximate surface area is 108 Å². The number of rotatable bonds is 1. The van der Waals surface area contributed by atoms with Crippen LogP contribution in [0.15, 0.2) is 18.2 Å². The van der Waals surface area contributed by atoms with Gasteiger partial charge in [0.2, 0.25) is 0 Å². The van der Waals surface area contributed by atoms with Crippen LogP contribution in [0.2, 0.25) is 0 Å². The van der Waals surface area contributed by atoms with Crippen LogP contribution in [0.5, 0.6) is 0 Å². The number of hydrogen-bond acceptors (Lipinski definition) is 3. The molecule has 1 fully saturated rings. The fourth-order valence-electron chi connectivity index (χ4n) is 2.33. The van der Waals surface area contributed by atoms with Crippen LogP contribution in [-0.4, -0.2) is 48.4 Å². The van der Waals surface area contributed by atoms with Crippen molar-refractivity contribution in [1.29, 1.82) is 0 Å². The van der Waals surface area contributed by atoms with Crippen LogP contribution in [0.3, 0.4) is 0 Å². The second-order valence-corrected chi connectivity index (χ2v) is 5.16. The Balaban J connectivity index is 2.16. The number of carbonyl (C=O) groups excluding carboxylic acids is 1. The van der Waals surface area contributed by atoms with Gasteiger partial charge in [-0.05, 0) is 44.7 Å². The molecule has 0 spiro atoms. The summed E-state index contributed by atoms with van der Waals surface area (Å²) in [6.07, 6.45) is 0. The molecule has 1 aromatic carbocycles. The molecule has 98 valence electrons. The van der Waals surface area contributed by atoms with E-state index in [-0.39, 0.29) is 5.91 Å². The molecule has 2 rings (SSSR count). The molecule has 1 aliphatic heterocycles. The molecule has 0 aromatic heterocycles. The Bertz CT molecular complexity index is 458. The predicted octanol–water partition coefficient (Wildman–Crippen LogP) is 1.35. The maximum Gasteiger partial charge on any atom is 0.254 e. The highest BCUT2D eigenvalue weighted by molar-refractivity contribution is 5.96. The number of amides is 1. The molecular formula is C14H21N3O. The highest BCUT2D eigenvalue weighted by atomic mass is 16.2. The number of likely N-dealkylation sites (N-methyl/N-ethyl adjacent to an activating group) is 1. The van der Waals surface area contributed by atoms with Crippen molar-refractivity contribution in [1.82, 2.24) is 9.80 Å². The van der Waals surface area contributed by atoms with Gasteiger partial charge in [-0.2, -0.15) is 0 Å². The van der Waals surface area contributed by atoms with Crippen molar-refractivity contribution in [3.63, 3.8) is 0 Å². The molecule has 1 heterocycles. The summed E-state index contributed by atoms with van der Waals surface area (Å²) in [4.78, 5) is 16.7. The number of nitrogen functional groups attached to an aromatic ring is 1. The van der Waals surface area contributed by atoms with E-state index in [1.165, 1.54) is 0 Å². The van der Waals surface area contributed by atoms with E-state index in [1.807, 2.05) is 24.0 Å². The van der Waals surface area contributed by atoms with Gasteiger partial charge in [0.05, 0.1) is 0 Å². The van der Waals surface area contributed by atoms with E-state index in [2.05, 4.69) is 18.9 Å². The van der Waals surface area contributed by atoms with Gasteiger partial charge in [-0.1, -0.05) is 0 Å². The van der Waals surface area contributed by atoms with Gasteiger partial charge in [-0.3, -0.25) is 4.79 Å². The molecule has 4 nitrogen and oxygen atoms in total. The lowest BCUT2D eigenvalue weighted by Crippen LogP contribution is -2.52. The van der Waals surface area contributed by atoms with Crippen LogP contribution in [-0.2, 0) is 0 Å². The molecular weight excluding hydrogens is 226 g/mol. The molecule has 1 saturated heterocycles. The SMILES string of the molecule is Cc1cc(N)ccc1C(=O)N1CCN(C)[C@H](C)C1. The summed E-state index contributed by atoms with van der Waals surface area (Å²) in [6, 6.07) is 5.89. The maximum absolute atomic E-state index is 12.5. The molecule has 1 aliphatic rings. The highest BCUT2D eigenvalue weighted by Gasteiger charge is 2.25. The Kier molecular flexibility index (Phi) is 3.57. The standard InChI is InChI=1S/C14H21N3O/c1-10-8-12(15)4-5-13(10)14(18)17-7-6-16(3)11(2)9-17/h4-5,8,11H,6-7,9,15H2,1-3H3/t11-/m1/s1. The van der Waals surface area contributed by atoms with E-state index in [4.69, 9.17) is 5.73 Å². The largest absolute Gasteiger partial charge is 0.399 e. The monoisotopic (exact) mass is 247 g/mol. The second kappa shape index (κ2) is 4.98. The van der Waals surface area contributed by atoms with Crippen molar-refractivity contribution in [2.45, 2.75) is 19.9 Å². The Morgan fingerprint density at radius 3 is 2.72 bits per heavy atom. The van der Waals surface area contributed by atoms with E-state index in [0.717, 1.165) is 30.8 Å². The summed E-state index contributed by atoms with van der Waals surface area (Å²) in [7, 11) is 2.10. The van der Waals surface area contributed by atoms with Crippen molar-refractivity contribution >= 4 is 11.6 Å². The minimum atomic E-state index is 0.118. The fraction of sp³-hybridized carbons (Fsp3) is 0.500. The average Bonchev–Trinajstić information content (AvgIpc) is 2.32. The minimum Gasteiger partial charge on any atom is -0.399 e. The van der Waals surface area contributed by atoms with Gasteiger partial charge in [0.25, 0.3) is 5.91 Å². The number of aryl methyl sites for hydroxylation is 1. The third-order valence-electron chi connectivity index (χ3n) is 3.73. The molecule has 2 N–H and O–H groups in total. The number of hydrogen-bond donors (Lipinski definition) is 1. The van der Waals surface area contributed by atoms with Gasteiger partial charge < -0.3 is 15.5 Å². The Hall–Kier alpha value is -1.55. The first-order valence-electron chi connectivity index (χ1n) is 6.34. The van der Waals surface area contributed by atoms with Gasteiger partial charge in [-0.15, -0.1) is 0 Å². The highest BCUT2D eigenvalue weighted by Crippen LogP contribution is 2.17. The van der Waals surface area contributed by atoms with Crippen molar-refractivity contribution in [3.05, 3.63) is 29.3 Å². The molecule has 4 heteroatoms. The van der Waals surface area contributed by atoms with Crippen LogP contribution >= 0.6 is 0 Å². The van der Waals surface area contributed by atoms with Crippen LogP contribution in [0.4, 0.5) is 5.69 Å². The third-order valence-corrected chi connectivity index (χ3v) is 3.73. The topological polar surface area (TPSA) is 49.6 Å². The number of benzene rings is 1. The number of nitrogens with zero attached hydrogens (tertiary/aromatic N) is 2. The molecule has 0 radical (unpaired) electrons. The first-order valence-corrected chi connectivity index (χ1v) is 6.34. The summed E-state index contributed by atoms with van der Waals surface area (Å²) in [5.41, 5.74) is 8.13. The van der Waals surface area contributed by atoms with E-state index >= 15 is 0 Å². The lowest BCUT2D eigenvalue weighted by Gasteiger charge is -2.37. The van der Waals surface area contributed by atoms with Gasteiger partial charge >= 0.3 is 0 Å². The zero-order valence-corrected chi connectivity index (χ0v) is 11.3.